The lowest BCUT2D eigenvalue weighted by Gasteiger charge is -2.26. The molecule has 3 N–H and O–H groups in total. The van der Waals surface area contributed by atoms with Crippen LogP contribution in [0.3, 0.4) is 0 Å². The van der Waals surface area contributed by atoms with Crippen LogP contribution >= 0.6 is 0 Å². The molecule has 0 aliphatic carbocycles. The van der Waals surface area contributed by atoms with Gasteiger partial charge in [-0.2, -0.15) is 0 Å². The number of para-hydroxylation sites is 2. The third-order valence-electron chi connectivity index (χ3n) is 4.03. The SMILES string of the molecule is O=C(CCNC(=O)NCc1ccccc1)NCC1COc2ccccc2O1. The van der Waals surface area contributed by atoms with Crippen LogP contribution in [0.5, 0.6) is 11.5 Å². The predicted molar refractivity (Wildman–Crippen MR) is 101 cm³/mol. The number of rotatable bonds is 7. The molecule has 1 aliphatic rings. The van der Waals surface area contributed by atoms with Gasteiger partial charge in [-0.3, -0.25) is 4.79 Å². The van der Waals surface area contributed by atoms with Crippen LogP contribution in [0.15, 0.2) is 54.6 Å². The van der Waals surface area contributed by atoms with E-state index in [2.05, 4.69) is 16.0 Å². The smallest absolute Gasteiger partial charge is 0.315 e. The fraction of sp³-hybridized carbons (Fsp3) is 0.300. The highest BCUT2D eigenvalue weighted by Gasteiger charge is 2.20. The molecule has 1 unspecified atom stereocenters. The zero-order valence-electron chi connectivity index (χ0n) is 14.9. The van der Waals surface area contributed by atoms with E-state index in [1.54, 1.807) is 0 Å². The Balaban J connectivity index is 1.28. The second kappa shape index (κ2) is 9.47. The van der Waals surface area contributed by atoms with Crippen LogP contribution in [0.1, 0.15) is 12.0 Å². The van der Waals surface area contributed by atoms with Crippen molar-refractivity contribution in [1.29, 1.82) is 0 Å². The minimum absolute atomic E-state index is 0.152. The van der Waals surface area contributed by atoms with E-state index >= 15 is 0 Å². The van der Waals surface area contributed by atoms with Gasteiger partial charge in [0, 0.05) is 19.5 Å². The van der Waals surface area contributed by atoms with Gasteiger partial charge in [-0.25, -0.2) is 4.79 Å². The summed E-state index contributed by atoms with van der Waals surface area (Å²) in [5.41, 5.74) is 1.02. The molecule has 142 valence electrons. The molecule has 0 saturated carbocycles. The summed E-state index contributed by atoms with van der Waals surface area (Å²) >= 11 is 0. The Bertz CT molecular complexity index is 767. The lowest BCUT2D eigenvalue weighted by atomic mass is 10.2. The molecule has 1 atom stereocenters. The first-order valence-electron chi connectivity index (χ1n) is 8.91. The molecule has 2 aromatic rings. The number of carbonyl (C=O) groups is 2. The van der Waals surface area contributed by atoms with Crippen LogP contribution in [0.4, 0.5) is 4.79 Å². The molecule has 27 heavy (non-hydrogen) atoms. The molecule has 0 aromatic heterocycles. The van der Waals surface area contributed by atoms with Crippen molar-refractivity contribution in [2.45, 2.75) is 19.1 Å². The monoisotopic (exact) mass is 369 g/mol. The van der Waals surface area contributed by atoms with Gasteiger partial charge in [0.2, 0.25) is 5.91 Å². The van der Waals surface area contributed by atoms with E-state index in [1.165, 1.54) is 0 Å². The number of ether oxygens (including phenoxy) is 2. The lowest BCUT2D eigenvalue weighted by molar-refractivity contribution is -0.121. The number of carbonyl (C=O) groups excluding carboxylic acids is 2. The van der Waals surface area contributed by atoms with Crippen LogP contribution in [0.25, 0.3) is 0 Å². The molecule has 0 saturated heterocycles. The topological polar surface area (TPSA) is 88.7 Å². The number of nitrogens with one attached hydrogen (secondary N) is 3. The average molecular weight is 369 g/mol. The van der Waals surface area contributed by atoms with Crippen molar-refractivity contribution in [2.24, 2.45) is 0 Å². The quantitative estimate of drug-likeness (QED) is 0.695. The van der Waals surface area contributed by atoms with Gasteiger partial charge in [-0.1, -0.05) is 42.5 Å². The highest BCUT2D eigenvalue weighted by molar-refractivity contribution is 5.78. The third-order valence-corrected chi connectivity index (χ3v) is 4.03. The molecule has 7 heteroatoms. The van der Waals surface area contributed by atoms with Crippen molar-refractivity contribution < 1.29 is 19.1 Å². The molecule has 0 spiro atoms. The van der Waals surface area contributed by atoms with E-state index in [0.29, 0.717) is 31.2 Å². The van der Waals surface area contributed by atoms with Crippen LogP contribution in [-0.4, -0.2) is 37.7 Å². The van der Waals surface area contributed by atoms with E-state index < -0.39 is 0 Å². The van der Waals surface area contributed by atoms with E-state index in [1.807, 2.05) is 54.6 Å². The minimum atomic E-state index is -0.299. The highest BCUT2D eigenvalue weighted by Crippen LogP contribution is 2.30. The van der Waals surface area contributed by atoms with Gasteiger partial charge in [0.25, 0.3) is 0 Å². The number of urea groups is 1. The van der Waals surface area contributed by atoms with Gasteiger partial charge in [0.15, 0.2) is 11.5 Å². The molecule has 7 nitrogen and oxygen atoms in total. The highest BCUT2D eigenvalue weighted by atomic mass is 16.6. The van der Waals surface area contributed by atoms with Crippen molar-refractivity contribution in [3.63, 3.8) is 0 Å². The first-order valence-corrected chi connectivity index (χ1v) is 8.91. The molecule has 2 aromatic carbocycles. The Kier molecular flexibility index (Phi) is 6.51. The molecule has 3 rings (SSSR count). The Morgan fingerprint density at radius 3 is 2.48 bits per heavy atom. The number of amides is 3. The summed E-state index contributed by atoms with van der Waals surface area (Å²) in [4.78, 5) is 23.6. The third kappa shape index (κ3) is 5.91. The van der Waals surface area contributed by atoms with Gasteiger partial charge in [-0.15, -0.1) is 0 Å². The van der Waals surface area contributed by atoms with Gasteiger partial charge in [0.05, 0.1) is 6.54 Å². The van der Waals surface area contributed by atoms with Crippen LogP contribution < -0.4 is 25.4 Å². The second-order valence-electron chi connectivity index (χ2n) is 6.15. The molecule has 0 radical (unpaired) electrons. The summed E-state index contributed by atoms with van der Waals surface area (Å²) in [6.45, 7) is 1.45. The normalized spacial score (nSPS) is 14.9. The minimum Gasteiger partial charge on any atom is -0.486 e. The molecule has 1 heterocycles. The first-order chi connectivity index (χ1) is 13.2. The summed E-state index contributed by atoms with van der Waals surface area (Å²) < 4.78 is 11.4. The summed E-state index contributed by atoms with van der Waals surface area (Å²) in [6, 6.07) is 16.8. The molecule has 1 aliphatic heterocycles. The van der Waals surface area contributed by atoms with Crippen molar-refractivity contribution in [2.75, 3.05) is 19.7 Å². The zero-order chi connectivity index (χ0) is 18.9. The van der Waals surface area contributed by atoms with Crippen molar-refractivity contribution in [3.05, 3.63) is 60.2 Å². The Morgan fingerprint density at radius 2 is 1.67 bits per heavy atom. The summed E-state index contributed by atoms with van der Waals surface area (Å²) in [6.07, 6.45) is -0.0332. The van der Waals surface area contributed by atoms with Gasteiger partial charge < -0.3 is 25.4 Å². The summed E-state index contributed by atoms with van der Waals surface area (Å²) in [7, 11) is 0. The standard InChI is InChI=1S/C20H23N3O4/c24-19(10-11-21-20(25)23-12-15-6-2-1-3-7-15)22-13-16-14-26-17-8-4-5-9-18(17)27-16/h1-9,16H,10-14H2,(H,22,24)(H2,21,23,25). The molecular formula is C20H23N3O4. The van der Waals surface area contributed by atoms with E-state index in [9.17, 15) is 9.59 Å². The van der Waals surface area contributed by atoms with Crippen LogP contribution in [0.2, 0.25) is 0 Å². The summed E-state index contributed by atoms with van der Waals surface area (Å²) in [5.74, 6) is 1.24. The Hall–Kier alpha value is -3.22. The molecule has 3 amide bonds. The zero-order valence-corrected chi connectivity index (χ0v) is 14.9. The van der Waals surface area contributed by atoms with Crippen LogP contribution in [0, 0.1) is 0 Å². The second-order valence-corrected chi connectivity index (χ2v) is 6.15. The molecular weight excluding hydrogens is 346 g/mol. The maximum Gasteiger partial charge on any atom is 0.315 e. The maximum atomic E-state index is 11.9. The largest absolute Gasteiger partial charge is 0.486 e. The van der Waals surface area contributed by atoms with E-state index in [-0.39, 0.29) is 31.0 Å². The van der Waals surface area contributed by atoms with Crippen molar-refractivity contribution >= 4 is 11.9 Å². The van der Waals surface area contributed by atoms with Gasteiger partial charge >= 0.3 is 6.03 Å². The number of hydrogen-bond donors (Lipinski definition) is 3. The number of hydrogen-bond acceptors (Lipinski definition) is 4. The van der Waals surface area contributed by atoms with Gasteiger partial charge in [0.1, 0.15) is 12.7 Å². The van der Waals surface area contributed by atoms with Gasteiger partial charge in [-0.05, 0) is 17.7 Å². The fourth-order valence-electron chi connectivity index (χ4n) is 2.61. The lowest BCUT2D eigenvalue weighted by Crippen LogP contribution is -2.42. The fourth-order valence-corrected chi connectivity index (χ4v) is 2.61. The predicted octanol–water partition coefficient (Wildman–Crippen LogP) is 1.83. The Labute approximate surface area is 158 Å². The maximum absolute atomic E-state index is 11.9. The summed E-state index contributed by atoms with van der Waals surface area (Å²) in [5, 5.41) is 8.21. The molecule has 0 bridgehead atoms. The number of benzene rings is 2. The number of fused-ring (bicyclic) bond motifs is 1. The average Bonchev–Trinajstić information content (AvgIpc) is 2.71. The van der Waals surface area contributed by atoms with Crippen molar-refractivity contribution in [1.82, 2.24) is 16.0 Å². The van der Waals surface area contributed by atoms with Crippen molar-refractivity contribution in [3.8, 4) is 11.5 Å². The Morgan fingerprint density at radius 1 is 0.926 bits per heavy atom. The first kappa shape index (κ1) is 18.6. The van der Waals surface area contributed by atoms with E-state index in [4.69, 9.17) is 9.47 Å². The van der Waals surface area contributed by atoms with E-state index in [0.717, 1.165) is 5.56 Å². The van der Waals surface area contributed by atoms with Crippen LogP contribution in [-0.2, 0) is 11.3 Å². The molecule has 0 fully saturated rings.